The number of likely N-dealkylation sites (tertiary alicyclic amines) is 1. The molecule has 2 aromatic carbocycles. The second-order valence-corrected chi connectivity index (χ2v) is 46.8. The third kappa shape index (κ3) is 26.8. The largest absolute Gasteiger partial charge is 0.444 e. The van der Waals surface area contributed by atoms with Crippen molar-refractivity contribution in [3.8, 4) is 0 Å². The monoisotopic (exact) mass is 2160 g/mol. The Hall–Kier alpha value is -9.90. The van der Waals surface area contributed by atoms with Gasteiger partial charge in [0.25, 0.3) is 16.7 Å². The number of aryl methyl sites for hydroxylation is 2. The summed E-state index contributed by atoms with van der Waals surface area (Å²) < 4.78 is 23.5. The fraction of sp³-hybridized carbons (Fsp3) is 0.510. The lowest BCUT2D eigenvalue weighted by molar-refractivity contribution is -0.117. The number of piperidine rings is 1. The highest BCUT2D eigenvalue weighted by molar-refractivity contribution is 8.15. The van der Waals surface area contributed by atoms with Crippen molar-refractivity contribution in [1.82, 2.24) is 70.5 Å². The van der Waals surface area contributed by atoms with Gasteiger partial charge in [-0.05, 0) is 164 Å². The fourth-order valence-electron chi connectivity index (χ4n) is 18.0. The van der Waals surface area contributed by atoms with Crippen molar-refractivity contribution in [2.24, 2.45) is 129 Å². The zero-order chi connectivity index (χ0) is 104. The lowest BCUT2D eigenvalue weighted by atomic mass is 9.91. The second kappa shape index (κ2) is 48.4. The molecule has 0 bridgehead atoms. The minimum Gasteiger partial charge on any atom is -0.444 e. The Bertz CT molecular complexity index is 7580. The Labute approximate surface area is 885 Å². The molecule has 15 heterocycles. The number of fused-ring (bicyclic) bond motifs is 7. The van der Waals surface area contributed by atoms with Gasteiger partial charge in [0, 0.05) is 180 Å². The number of aromatic nitrogens is 14. The van der Waals surface area contributed by atoms with Gasteiger partial charge in [-0.3, -0.25) is 70.0 Å². The maximum Gasteiger partial charge on any atom is 0.410 e. The van der Waals surface area contributed by atoms with Gasteiger partial charge in [0.2, 0.25) is 0 Å². The Morgan fingerprint density at radius 3 is 1.08 bits per heavy atom. The highest BCUT2D eigenvalue weighted by Crippen LogP contribution is 2.40. The van der Waals surface area contributed by atoms with E-state index in [0.29, 0.717) is 118 Å². The number of hydrogen-bond acceptors (Lipinski definition) is 29. The van der Waals surface area contributed by atoms with Crippen molar-refractivity contribution in [3.63, 3.8) is 0 Å². The van der Waals surface area contributed by atoms with Gasteiger partial charge in [-0.25, -0.2) is 63.7 Å². The molecule has 0 radical (unpaired) electrons. The van der Waals surface area contributed by atoms with Crippen LogP contribution in [0.1, 0.15) is 192 Å². The van der Waals surface area contributed by atoms with Crippen molar-refractivity contribution in [2.45, 2.75) is 195 Å². The third-order valence-electron chi connectivity index (χ3n) is 26.7. The number of hydrogen-bond donors (Lipinski definition) is 4. The van der Waals surface area contributed by atoms with E-state index in [1.165, 1.54) is 123 Å². The molecular formula is C100H124N22O11S11. The quantitative estimate of drug-likeness (QED) is 0.0580. The molecule has 1 amide bonds. The van der Waals surface area contributed by atoms with E-state index >= 15 is 0 Å². The number of carbonyl (C=O) groups is 2. The average molecular weight is 2160 g/mol. The molecule has 0 atom stereocenters. The van der Waals surface area contributed by atoms with Crippen LogP contribution in [0.2, 0.25) is 0 Å². The number of Topliss-reactive ketones (excluding diaryl/α,β-unsaturated/α-hetero) is 1. The van der Waals surface area contributed by atoms with Gasteiger partial charge in [0.1, 0.15) is 70.7 Å². The number of aromatic amines is 4. The number of ketones is 1. The van der Waals surface area contributed by atoms with Crippen LogP contribution < -0.4 is 45.1 Å². The molecule has 766 valence electrons. The average Bonchev–Trinajstić information content (AvgIpc) is 1.62. The van der Waals surface area contributed by atoms with E-state index < -0.39 is 5.60 Å². The molecule has 7 aromatic heterocycles. The topological polar surface area (TPSA) is 382 Å². The number of nitrogens with zero attached hydrogens (tertiary/aromatic N) is 18. The maximum absolute atomic E-state index is 12.2. The van der Waals surface area contributed by atoms with Gasteiger partial charge in [-0.2, -0.15) is 0 Å². The van der Waals surface area contributed by atoms with E-state index in [2.05, 4.69) is 60.9 Å². The number of aliphatic imine (C=N–C) groups is 7. The number of ether oxygens (including phenoxy) is 1. The smallest absolute Gasteiger partial charge is 0.410 e. The summed E-state index contributed by atoms with van der Waals surface area (Å²) in [4.78, 5) is 163. The molecule has 0 spiro atoms. The minimum atomic E-state index is -0.459. The minimum absolute atomic E-state index is 0.0963. The van der Waals surface area contributed by atoms with Gasteiger partial charge in [0.05, 0.1) is 53.3 Å². The standard InChI is InChI=1S/C19H28N4O3S2.C15H21N3O2S.C15H21N3OS2.C13H17N3O2S2.2C13H11N3OS.C12H15N3OS2/c1-19(2,3)26-18(25)23-8-6-12(7-9-23)11-28-14-10-13-15(20-14)21(4)17(24)22(5)16(13)27;1-17-13-11(14(19)18(2)15(17)20)8-12(16-13)21-9-10-6-4-3-5-7-10;1-17-13-11(14(20)18(2)15(17)19)8-12(16-13)21-9-10-6-4-3-5-7-10;1-8(17)5-4-6-20-10-7-9-11(14-10)15(2)13(18)16(3)12(9)19;1-7-2-4-8(5-3-7)10-6-9-11(14-10)15-13(18)16-12(9)17;1-7-3-2-4-8(5-7)10-6-9-11(14-10)15-13(18)16-12(9)17;1-14-10-8(11(17)15(2)12(14)16)5-9(13-10)18-6-7-3-4-7/h12H,6-11H2,1-5H3;2*10H,3-9H2,1-2H3;4-7H2,1-3H3;2*2-5H,6H2,1H3,(H2,15,16,17,18);7H,3-6H2,1-2H3. The first-order valence-corrected chi connectivity index (χ1v) is 55.8. The van der Waals surface area contributed by atoms with Gasteiger partial charge < -0.3 is 24.4 Å². The fourth-order valence-corrected chi connectivity index (χ4v) is 24.9. The molecule has 9 aromatic rings. The molecule has 8 aliphatic heterocycles. The number of nitrogens with one attached hydrogen (secondary N) is 4. The highest BCUT2D eigenvalue weighted by atomic mass is 32.2. The van der Waals surface area contributed by atoms with Gasteiger partial charge in [0.15, 0.2) is 9.54 Å². The van der Waals surface area contributed by atoms with Crippen molar-refractivity contribution in [2.75, 3.05) is 41.9 Å². The van der Waals surface area contributed by atoms with E-state index in [1.807, 2.05) is 101 Å². The molecule has 4 fully saturated rings. The Kier molecular flexibility index (Phi) is 36.9. The first-order chi connectivity index (χ1) is 68.5. The zero-order valence-electron chi connectivity index (χ0n) is 84.2. The molecule has 20 rings (SSSR count). The van der Waals surface area contributed by atoms with Crippen molar-refractivity contribution in [3.05, 3.63) is 221 Å². The van der Waals surface area contributed by atoms with Crippen LogP contribution in [-0.2, 0) is 125 Å². The molecule has 0 unspecified atom stereocenters. The number of benzene rings is 2. The molecular weight excluding hydrogens is 2040 g/mol. The normalized spacial score (nSPS) is 16.2. The van der Waals surface area contributed by atoms with E-state index in [-0.39, 0.29) is 57.0 Å². The Morgan fingerprint density at radius 1 is 0.382 bits per heavy atom. The summed E-state index contributed by atoms with van der Waals surface area (Å²) in [6.45, 7) is 12.8. The number of amides is 1. The summed E-state index contributed by atoms with van der Waals surface area (Å²) in [5.41, 5.74) is 10.4. The van der Waals surface area contributed by atoms with E-state index in [1.54, 1.807) is 129 Å². The van der Waals surface area contributed by atoms with Crippen LogP contribution in [-0.4, -0.2) is 166 Å². The maximum atomic E-state index is 12.2. The lowest BCUT2D eigenvalue weighted by Crippen LogP contribution is -2.42. The van der Waals surface area contributed by atoms with Gasteiger partial charge >= 0.3 is 34.5 Å². The summed E-state index contributed by atoms with van der Waals surface area (Å²) in [7, 11) is 17.0. The first kappa shape index (κ1) is 110. The van der Waals surface area contributed by atoms with Crippen LogP contribution in [0.3, 0.4) is 0 Å². The Morgan fingerprint density at radius 2 is 0.722 bits per heavy atom. The SMILES string of the molecule is CC(=O)CCCSC1=Nc2c(c(=S)n(C)c(=O)n2C)C1.Cc1ccc(C2=Nc3[nH]c(=S)[nH]c(=O)c3C2)cc1.Cc1cccc(C2=Nc3[nH]c(=S)[nH]c(=O)c3C2)c1.Cn1c2c(c(=O)n(C)c1=O)CC(SCC1CCCCC1)=N2.Cn1c2c(c(=S)n(C)c1=O)CC(SCC1CC1)=N2.Cn1c2c(c(=S)n(C)c1=O)CC(SCC1CCCCC1)=N2.Cn1c2c(c(=S)n(C)c1=O)CC(SCC1CCN(C(=O)OC(C)(C)C)CC1)=N2. The highest BCUT2D eigenvalue weighted by Gasteiger charge is 2.34. The van der Waals surface area contributed by atoms with Crippen molar-refractivity contribution >= 4 is 221 Å². The molecule has 3 aliphatic carbocycles. The van der Waals surface area contributed by atoms with E-state index in [4.69, 9.17) is 78.0 Å². The predicted octanol–water partition coefficient (Wildman–Crippen LogP) is 17.9. The number of H-pyrrole nitrogens is 4. The van der Waals surface area contributed by atoms with Crippen LogP contribution in [0.15, 0.2) is 122 Å². The summed E-state index contributed by atoms with van der Waals surface area (Å²) in [6, 6.07) is 16.2. The molecule has 4 N–H and O–H groups in total. The van der Waals surface area contributed by atoms with Crippen LogP contribution in [0.4, 0.5) is 45.5 Å². The number of thioether (sulfide) groups is 5. The predicted molar refractivity (Wildman–Crippen MR) is 602 cm³/mol. The van der Waals surface area contributed by atoms with Crippen molar-refractivity contribution in [1.29, 1.82) is 0 Å². The molecule has 1 saturated heterocycles. The second-order valence-electron chi connectivity index (χ2n) is 38.9. The first-order valence-electron chi connectivity index (χ1n) is 48.4. The third-order valence-corrected chi connectivity index (χ3v) is 35.0. The number of carbonyl (C=O) groups excluding carboxylic acids is 2. The molecule has 144 heavy (non-hydrogen) atoms. The summed E-state index contributed by atoms with van der Waals surface area (Å²) in [5.74, 6) is 13.0. The molecule has 3 saturated carbocycles. The summed E-state index contributed by atoms with van der Waals surface area (Å²) in [6.07, 6.45) is 24.0. The van der Waals surface area contributed by atoms with Gasteiger partial charge in [-0.15, -0.1) is 58.8 Å². The van der Waals surface area contributed by atoms with Crippen LogP contribution in [0.25, 0.3) is 0 Å². The molecule has 33 nitrogen and oxygen atoms in total. The van der Waals surface area contributed by atoms with Crippen LogP contribution in [0, 0.1) is 65.6 Å². The summed E-state index contributed by atoms with van der Waals surface area (Å²) >= 11 is 40.2. The van der Waals surface area contributed by atoms with Crippen molar-refractivity contribution < 1.29 is 14.3 Å². The summed E-state index contributed by atoms with van der Waals surface area (Å²) in [5, 5.41) is 5.17. The van der Waals surface area contributed by atoms with Crippen LogP contribution in [0.5, 0.6) is 0 Å². The zero-order valence-corrected chi connectivity index (χ0v) is 93.2. The van der Waals surface area contributed by atoms with Gasteiger partial charge in [-0.1, -0.05) is 147 Å². The Balaban J connectivity index is 0.000000134. The van der Waals surface area contributed by atoms with E-state index in [0.717, 1.165) is 173 Å². The van der Waals surface area contributed by atoms with Crippen LogP contribution >= 0.6 is 132 Å². The lowest BCUT2D eigenvalue weighted by Gasteiger charge is -2.33. The molecule has 11 aliphatic rings. The van der Waals surface area contributed by atoms with E-state index in [9.17, 15) is 47.9 Å². The number of rotatable bonds is 14. The molecule has 44 heteroatoms.